The Bertz CT molecular complexity index is 1600. The summed E-state index contributed by atoms with van der Waals surface area (Å²) in [6.07, 6.45) is 0.529. The van der Waals surface area contributed by atoms with Gasteiger partial charge in [-0.1, -0.05) is 108 Å². The number of benzene rings is 5. The average Bonchev–Trinajstić information content (AvgIpc) is 3.39. The number of halogens is 1. The number of carbonyl (C=O) groups excluding carboxylic acids is 1. The molecule has 0 radical (unpaired) electrons. The van der Waals surface area contributed by atoms with Crippen LogP contribution in [0.25, 0.3) is 22.2 Å². The van der Waals surface area contributed by atoms with Crippen LogP contribution in [0.3, 0.4) is 0 Å². The Labute approximate surface area is 213 Å². The first-order valence-electron chi connectivity index (χ1n) is 12.0. The predicted octanol–water partition coefficient (Wildman–Crippen LogP) is 6.89. The summed E-state index contributed by atoms with van der Waals surface area (Å²) in [6.45, 7) is 0. The zero-order valence-electron chi connectivity index (χ0n) is 19.8. The van der Waals surface area contributed by atoms with Gasteiger partial charge >= 0.3 is 0 Å². The molecule has 0 spiro atoms. The van der Waals surface area contributed by atoms with E-state index >= 15 is 0 Å². The van der Waals surface area contributed by atoms with Crippen LogP contribution in [-0.2, 0) is 5.54 Å². The number of hydrogen-bond acceptors (Lipinski definition) is 3. The van der Waals surface area contributed by atoms with E-state index in [1.54, 1.807) is 12.1 Å². The van der Waals surface area contributed by atoms with Crippen molar-refractivity contribution in [2.75, 3.05) is 0 Å². The number of aromatic nitrogens is 3. The molecular formula is C32H22FN3O. The Morgan fingerprint density at radius 3 is 1.70 bits per heavy atom. The van der Waals surface area contributed by atoms with E-state index in [4.69, 9.17) is 5.21 Å². The smallest absolute Gasteiger partial charge is 0.153 e. The second-order valence-electron chi connectivity index (χ2n) is 8.87. The summed E-state index contributed by atoms with van der Waals surface area (Å²) in [6, 6.07) is 41.3. The van der Waals surface area contributed by atoms with Gasteiger partial charge in [0.05, 0.1) is 11.1 Å². The molecule has 0 aliphatic rings. The molecule has 4 nitrogen and oxygen atoms in total. The molecule has 5 aromatic carbocycles. The number of fused-ring (bicyclic) bond motifs is 1. The molecule has 5 heteroatoms. The van der Waals surface area contributed by atoms with E-state index in [0.29, 0.717) is 11.8 Å². The largest absolute Gasteiger partial charge is 0.298 e. The van der Waals surface area contributed by atoms with Crippen LogP contribution in [0.15, 0.2) is 127 Å². The Morgan fingerprint density at radius 1 is 0.649 bits per heavy atom. The van der Waals surface area contributed by atoms with Gasteiger partial charge in [-0.3, -0.25) is 4.79 Å². The van der Waals surface area contributed by atoms with Gasteiger partial charge in [0.1, 0.15) is 16.9 Å². The standard InChI is InChI=1S/C32H22FN3O/c33-29-18-16-23(20-25(29)22-37)24-17-19-31-30(21-24)34-35-36(31)32(26-10-4-1-5-11-26,27-12-6-2-7-13-27)28-14-8-3-9-15-28/h1-22H. The van der Waals surface area contributed by atoms with Crippen molar-refractivity contribution in [2.24, 2.45) is 0 Å². The lowest BCUT2D eigenvalue weighted by Crippen LogP contribution is -2.38. The van der Waals surface area contributed by atoms with E-state index in [2.05, 4.69) is 41.5 Å². The monoisotopic (exact) mass is 483 g/mol. The highest BCUT2D eigenvalue weighted by Gasteiger charge is 2.40. The van der Waals surface area contributed by atoms with Gasteiger partial charge in [0.15, 0.2) is 6.29 Å². The summed E-state index contributed by atoms with van der Waals surface area (Å²) in [5, 5.41) is 9.31. The van der Waals surface area contributed by atoms with E-state index in [9.17, 15) is 9.18 Å². The maximum absolute atomic E-state index is 13.9. The van der Waals surface area contributed by atoms with Crippen LogP contribution < -0.4 is 0 Å². The minimum atomic E-state index is -0.777. The van der Waals surface area contributed by atoms with E-state index in [0.717, 1.165) is 33.3 Å². The fourth-order valence-electron chi connectivity index (χ4n) is 5.07. The maximum atomic E-state index is 13.9. The topological polar surface area (TPSA) is 47.8 Å². The van der Waals surface area contributed by atoms with Crippen LogP contribution in [0.4, 0.5) is 4.39 Å². The highest BCUT2D eigenvalue weighted by molar-refractivity contribution is 5.84. The lowest BCUT2D eigenvalue weighted by Gasteiger charge is -2.36. The van der Waals surface area contributed by atoms with Gasteiger partial charge in [0, 0.05) is 0 Å². The second kappa shape index (κ2) is 9.28. The molecule has 6 rings (SSSR count). The SMILES string of the molecule is O=Cc1cc(-c2ccc3c(c2)nnn3C(c2ccccc2)(c2ccccc2)c2ccccc2)ccc1F. The van der Waals surface area contributed by atoms with Gasteiger partial charge in [0.25, 0.3) is 0 Å². The van der Waals surface area contributed by atoms with Gasteiger partial charge in [-0.25, -0.2) is 9.07 Å². The van der Waals surface area contributed by atoms with E-state index in [1.165, 1.54) is 6.07 Å². The van der Waals surface area contributed by atoms with E-state index < -0.39 is 11.4 Å². The molecule has 0 saturated heterocycles. The van der Waals surface area contributed by atoms with Crippen LogP contribution in [-0.4, -0.2) is 21.3 Å². The maximum Gasteiger partial charge on any atom is 0.153 e. The predicted molar refractivity (Wildman–Crippen MR) is 143 cm³/mol. The van der Waals surface area contributed by atoms with Crippen LogP contribution in [0.2, 0.25) is 0 Å². The third-order valence-corrected chi connectivity index (χ3v) is 6.79. The van der Waals surface area contributed by atoms with Gasteiger partial charge in [-0.2, -0.15) is 0 Å². The van der Waals surface area contributed by atoms with Crippen molar-refractivity contribution in [3.05, 3.63) is 155 Å². The zero-order chi connectivity index (χ0) is 25.2. The summed E-state index contributed by atoms with van der Waals surface area (Å²) in [5.74, 6) is -0.538. The Kier molecular flexibility index (Phi) is 5.66. The Hall–Kier alpha value is -4.90. The van der Waals surface area contributed by atoms with Crippen LogP contribution >= 0.6 is 0 Å². The fourth-order valence-corrected chi connectivity index (χ4v) is 5.07. The highest BCUT2D eigenvalue weighted by Crippen LogP contribution is 2.42. The quantitative estimate of drug-likeness (QED) is 0.191. The molecule has 0 aliphatic carbocycles. The minimum Gasteiger partial charge on any atom is -0.298 e. The zero-order valence-corrected chi connectivity index (χ0v) is 19.8. The van der Waals surface area contributed by atoms with Gasteiger partial charge in [0.2, 0.25) is 0 Å². The molecular weight excluding hydrogens is 461 g/mol. The molecule has 6 aromatic rings. The van der Waals surface area contributed by atoms with Gasteiger partial charge < -0.3 is 0 Å². The van der Waals surface area contributed by atoms with Gasteiger partial charge in [-0.15, -0.1) is 5.10 Å². The van der Waals surface area contributed by atoms with Gasteiger partial charge in [-0.05, 0) is 52.1 Å². The normalized spacial score (nSPS) is 11.5. The number of rotatable bonds is 6. The number of hydrogen-bond donors (Lipinski definition) is 0. The summed E-state index contributed by atoms with van der Waals surface area (Å²) in [4.78, 5) is 11.3. The molecule has 0 fully saturated rings. The van der Waals surface area contributed by atoms with Crippen molar-refractivity contribution < 1.29 is 9.18 Å². The molecule has 37 heavy (non-hydrogen) atoms. The molecule has 0 atom stereocenters. The first-order chi connectivity index (χ1) is 18.2. The molecule has 0 aliphatic heterocycles. The third kappa shape index (κ3) is 3.72. The van der Waals surface area contributed by atoms with Crippen molar-refractivity contribution in [1.29, 1.82) is 0 Å². The number of nitrogens with zero attached hydrogens (tertiary/aromatic N) is 3. The highest BCUT2D eigenvalue weighted by atomic mass is 19.1. The molecule has 0 N–H and O–H groups in total. The van der Waals surface area contributed by atoms with Crippen molar-refractivity contribution in [1.82, 2.24) is 15.0 Å². The fraction of sp³-hybridized carbons (Fsp3) is 0.0312. The summed E-state index contributed by atoms with van der Waals surface area (Å²) >= 11 is 0. The minimum absolute atomic E-state index is 0.0255. The summed E-state index contributed by atoms with van der Waals surface area (Å²) in [7, 11) is 0. The van der Waals surface area contributed by atoms with Crippen LogP contribution in [0, 0.1) is 5.82 Å². The van der Waals surface area contributed by atoms with E-state index in [-0.39, 0.29) is 5.56 Å². The molecule has 0 unspecified atom stereocenters. The van der Waals surface area contributed by atoms with Crippen molar-refractivity contribution in [3.8, 4) is 11.1 Å². The average molecular weight is 484 g/mol. The Balaban J connectivity index is 1.63. The molecule has 0 amide bonds. The van der Waals surface area contributed by atoms with Crippen molar-refractivity contribution in [3.63, 3.8) is 0 Å². The van der Waals surface area contributed by atoms with Crippen LogP contribution in [0.1, 0.15) is 27.0 Å². The first kappa shape index (κ1) is 22.6. The van der Waals surface area contributed by atoms with Crippen LogP contribution in [0.5, 0.6) is 0 Å². The second-order valence-corrected chi connectivity index (χ2v) is 8.87. The summed E-state index contributed by atoms with van der Waals surface area (Å²) in [5.41, 5.74) is 5.51. The van der Waals surface area contributed by atoms with Crippen molar-refractivity contribution >= 4 is 17.3 Å². The van der Waals surface area contributed by atoms with E-state index in [1.807, 2.05) is 77.5 Å². The molecule has 1 aromatic heterocycles. The Morgan fingerprint density at radius 2 is 1.16 bits per heavy atom. The molecule has 1 heterocycles. The molecule has 0 saturated carbocycles. The first-order valence-corrected chi connectivity index (χ1v) is 12.0. The molecule has 178 valence electrons. The van der Waals surface area contributed by atoms with Crippen molar-refractivity contribution in [2.45, 2.75) is 5.54 Å². The third-order valence-electron chi connectivity index (χ3n) is 6.79. The number of carbonyl (C=O) groups is 1. The lowest BCUT2D eigenvalue weighted by molar-refractivity contribution is 0.112. The lowest BCUT2D eigenvalue weighted by atomic mass is 9.77. The summed E-state index contributed by atoms with van der Waals surface area (Å²) < 4.78 is 15.9. The number of aldehydes is 1. The molecule has 0 bridgehead atoms.